The summed E-state index contributed by atoms with van der Waals surface area (Å²) in [6, 6.07) is 0. The molecule has 13 heavy (non-hydrogen) atoms. The van der Waals surface area contributed by atoms with Crippen LogP contribution in [0.5, 0.6) is 0 Å². The number of ether oxygens (including phenoxy) is 1. The second-order valence-corrected chi connectivity index (χ2v) is 4.14. The fraction of sp³-hybridized carbons (Fsp3) is 0.900. The summed E-state index contributed by atoms with van der Waals surface area (Å²) in [6.07, 6.45) is 1.39. The molecule has 0 spiro atoms. The SMILES string of the molecule is CC(C)OCC(=O)NCC1CC1C. The largest absolute Gasteiger partial charge is 0.369 e. The molecule has 1 fully saturated rings. The van der Waals surface area contributed by atoms with Crippen molar-refractivity contribution in [1.82, 2.24) is 5.32 Å². The van der Waals surface area contributed by atoms with Gasteiger partial charge in [0.2, 0.25) is 5.91 Å². The molecule has 1 saturated carbocycles. The zero-order valence-corrected chi connectivity index (χ0v) is 8.67. The van der Waals surface area contributed by atoms with Gasteiger partial charge >= 0.3 is 0 Å². The van der Waals surface area contributed by atoms with Gasteiger partial charge in [0.1, 0.15) is 6.61 Å². The monoisotopic (exact) mass is 185 g/mol. The highest BCUT2D eigenvalue weighted by Crippen LogP contribution is 2.36. The molecule has 3 nitrogen and oxygen atoms in total. The summed E-state index contributed by atoms with van der Waals surface area (Å²) >= 11 is 0. The lowest BCUT2D eigenvalue weighted by Crippen LogP contribution is -2.30. The maximum atomic E-state index is 11.2. The van der Waals surface area contributed by atoms with E-state index in [2.05, 4.69) is 12.2 Å². The van der Waals surface area contributed by atoms with Gasteiger partial charge in [-0.15, -0.1) is 0 Å². The molecule has 0 radical (unpaired) electrons. The van der Waals surface area contributed by atoms with E-state index in [1.165, 1.54) is 6.42 Å². The highest BCUT2D eigenvalue weighted by molar-refractivity contribution is 5.77. The van der Waals surface area contributed by atoms with E-state index in [1.54, 1.807) is 0 Å². The van der Waals surface area contributed by atoms with E-state index in [9.17, 15) is 4.79 Å². The molecule has 3 heteroatoms. The van der Waals surface area contributed by atoms with Gasteiger partial charge in [-0.2, -0.15) is 0 Å². The van der Waals surface area contributed by atoms with E-state index in [4.69, 9.17) is 4.74 Å². The van der Waals surface area contributed by atoms with E-state index < -0.39 is 0 Å². The predicted molar refractivity (Wildman–Crippen MR) is 51.4 cm³/mol. The lowest BCUT2D eigenvalue weighted by atomic mass is 10.3. The van der Waals surface area contributed by atoms with Gasteiger partial charge in [0.25, 0.3) is 0 Å². The van der Waals surface area contributed by atoms with Crippen molar-refractivity contribution in [3.8, 4) is 0 Å². The fourth-order valence-corrected chi connectivity index (χ4v) is 1.22. The lowest BCUT2D eigenvalue weighted by molar-refractivity contribution is -0.127. The Hall–Kier alpha value is -0.570. The second-order valence-electron chi connectivity index (χ2n) is 4.14. The summed E-state index contributed by atoms with van der Waals surface area (Å²) in [5.74, 6) is 1.52. The van der Waals surface area contributed by atoms with Gasteiger partial charge in [0.05, 0.1) is 6.10 Å². The van der Waals surface area contributed by atoms with E-state index in [1.807, 2.05) is 13.8 Å². The minimum absolute atomic E-state index is 0.00722. The zero-order valence-electron chi connectivity index (χ0n) is 8.67. The Kier molecular flexibility index (Phi) is 3.72. The van der Waals surface area contributed by atoms with Crippen molar-refractivity contribution in [2.75, 3.05) is 13.2 Å². The van der Waals surface area contributed by atoms with Crippen LogP contribution in [0, 0.1) is 11.8 Å². The number of hydrogen-bond donors (Lipinski definition) is 1. The van der Waals surface area contributed by atoms with Crippen LogP contribution in [0.25, 0.3) is 0 Å². The minimum Gasteiger partial charge on any atom is -0.369 e. The van der Waals surface area contributed by atoms with Gasteiger partial charge < -0.3 is 10.1 Å². The van der Waals surface area contributed by atoms with E-state index in [0.717, 1.165) is 12.5 Å². The maximum absolute atomic E-state index is 11.2. The summed E-state index contributed by atoms with van der Waals surface area (Å²) in [5.41, 5.74) is 0. The summed E-state index contributed by atoms with van der Waals surface area (Å²) in [5, 5.41) is 2.87. The quantitative estimate of drug-likeness (QED) is 0.698. The van der Waals surface area contributed by atoms with Crippen LogP contribution in [0.1, 0.15) is 27.2 Å². The minimum atomic E-state index is 0.00722. The third-order valence-electron chi connectivity index (χ3n) is 2.39. The van der Waals surface area contributed by atoms with Crippen LogP contribution in [0.15, 0.2) is 0 Å². The average Bonchev–Trinajstić information content (AvgIpc) is 2.75. The Balaban J connectivity index is 1.98. The van der Waals surface area contributed by atoms with Crippen molar-refractivity contribution in [2.24, 2.45) is 11.8 Å². The van der Waals surface area contributed by atoms with Crippen molar-refractivity contribution < 1.29 is 9.53 Å². The molecule has 1 rings (SSSR count). The molecule has 76 valence electrons. The average molecular weight is 185 g/mol. The summed E-state index contributed by atoms with van der Waals surface area (Å²) in [7, 11) is 0. The van der Waals surface area contributed by atoms with Crippen molar-refractivity contribution in [2.45, 2.75) is 33.3 Å². The Morgan fingerprint density at radius 1 is 1.62 bits per heavy atom. The van der Waals surface area contributed by atoms with Crippen molar-refractivity contribution in [3.63, 3.8) is 0 Å². The fourth-order valence-electron chi connectivity index (χ4n) is 1.22. The van der Waals surface area contributed by atoms with Gasteiger partial charge in [0.15, 0.2) is 0 Å². The molecule has 0 aromatic carbocycles. The van der Waals surface area contributed by atoms with Crippen LogP contribution in [0.2, 0.25) is 0 Å². The standard InChI is InChI=1S/C10H19NO2/c1-7(2)13-6-10(12)11-5-9-4-8(9)3/h7-9H,4-6H2,1-3H3,(H,11,12). The number of carbonyl (C=O) groups is 1. The highest BCUT2D eigenvalue weighted by Gasteiger charge is 2.32. The summed E-state index contributed by atoms with van der Waals surface area (Å²) in [4.78, 5) is 11.2. The highest BCUT2D eigenvalue weighted by atomic mass is 16.5. The summed E-state index contributed by atoms with van der Waals surface area (Å²) in [6.45, 7) is 7.08. The van der Waals surface area contributed by atoms with Crippen LogP contribution in [-0.4, -0.2) is 25.2 Å². The molecule has 2 atom stereocenters. The smallest absolute Gasteiger partial charge is 0.246 e. The van der Waals surface area contributed by atoms with Crippen molar-refractivity contribution in [1.29, 1.82) is 0 Å². The third kappa shape index (κ3) is 4.27. The Bertz CT molecular complexity index is 180. The number of rotatable bonds is 5. The third-order valence-corrected chi connectivity index (χ3v) is 2.39. The number of nitrogens with one attached hydrogen (secondary N) is 1. The second kappa shape index (κ2) is 4.61. The van der Waals surface area contributed by atoms with Crippen molar-refractivity contribution >= 4 is 5.91 Å². The van der Waals surface area contributed by atoms with Crippen LogP contribution in [0.4, 0.5) is 0 Å². The van der Waals surface area contributed by atoms with Gasteiger partial charge in [-0.1, -0.05) is 6.92 Å². The predicted octanol–water partition coefficient (Wildman–Crippen LogP) is 1.18. The molecule has 0 aromatic rings. The van der Waals surface area contributed by atoms with Gasteiger partial charge in [-0.05, 0) is 32.1 Å². The molecule has 1 amide bonds. The van der Waals surface area contributed by atoms with Crippen molar-refractivity contribution in [3.05, 3.63) is 0 Å². The van der Waals surface area contributed by atoms with Crippen LogP contribution in [-0.2, 0) is 9.53 Å². The first kappa shape index (κ1) is 10.5. The van der Waals surface area contributed by atoms with E-state index in [-0.39, 0.29) is 18.6 Å². The maximum Gasteiger partial charge on any atom is 0.246 e. The van der Waals surface area contributed by atoms with E-state index in [0.29, 0.717) is 5.92 Å². The van der Waals surface area contributed by atoms with Gasteiger partial charge in [-0.3, -0.25) is 4.79 Å². The Morgan fingerprint density at radius 3 is 2.69 bits per heavy atom. The molecule has 2 unspecified atom stereocenters. The molecule has 0 saturated heterocycles. The molecule has 0 aromatic heterocycles. The van der Waals surface area contributed by atoms with Gasteiger partial charge in [0, 0.05) is 6.54 Å². The van der Waals surface area contributed by atoms with Gasteiger partial charge in [-0.25, -0.2) is 0 Å². The first-order valence-electron chi connectivity index (χ1n) is 4.98. The lowest BCUT2D eigenvalue weighted by Gasteiger charge is -2.07. The molecule has 0 bridgehead atoms. The molecule has 1 aliphatic carbocycles. The Morgan fingerprint density at radius 2 is 2.23 bits per heavy atom. The van der Waals surface area contributed by atoms with E-state index >= 15 is 0 Å². The number of amides is 1. The molecular weight excluding hydrogens is 166 g/mol. The first-order chi connectivity index (χ1) is 6.09. The number of hydrogen-bond acceptors (Lipinski definition) is 2. The molecule has 0 aliphatic heterocycles. The zero-order chi connectivity index (χ0) is 9.84. The first-order valence-corrected chi connectivity index (χ1v) is 4.98. The van der Waals surface area contributed by atoms with Crippen LogP contribution in [0.3, 0.4) is 0 Å². The van der Waals surface area contributed by atoms with Crippen LogP contribution < -0.4 is 5.32 Å². The molecule has 1 aliphatic rings. The van der Waals surface area contributed by atoms with Crippen LogP contribution >= 0.6 is 0 Å². The molecular formula is C10H19NO2. The topological polar surface area (TPSA) is 38.3 Å². The number of carbonyl (C=O) groups excluding carboxylic acids is 1. The Labute approximate surface area is 79.8 Å². The molecule has 1 N–H and O–H groups in total. The molecule has 0 heterocycles. The summed E-state index contributed by atoms with van der Waals surface area (Å²) < 4.78 is 5.17. The normalized spacial score (nSPS) is 26.2.